The van der Waals surface area contributed by atoms with Crippen LogP contribution in [0.1, 0.15) is 48.0 Å². The Morgan fingerprint density at radius 3 is 2.38 bits per heavy atom. The largest absolute Gasteiger partial charge is 0.573 e. The van der Waals surface area contributed by atoms with Crippen molar-refractivity contribution in [1.82, 2.24) is 20.0 Å². The molecule has 2 saturated heterocycles. The molecule has 2 aliphatic heterocycles. The molecule has 1 aromatic heterocycles. The van der Waals surface area contributed by atoms with Crippen molar-refractivity contribution in [3.8, 4) is 5.75 Å². The van der Waals surface area contributed by atoms with Gasteiger partial charge < -0.3 is 19.6 Å². The van der Waals surface area contributed by atoms with Crippen molar-refractivity contribution >= 4 is 6.03 Å². The van der Waals surface area contributed by atoms with Crippen LogP contribution in [-0.2, 0) is 0 Å². The zero-order valence-electron chi connectivity index (χ0n) is 17.8. The van der Waals surface area contributed by atoms with Crippen LogP contribution in [0.25, 0.3) is 0 Å². The Morgan fingerprint density at radius 1 is 1.12 bits per heavy atom. The molecule has 0 bridgehead atoms. The van der Waals surface area contributed by atoms with Crippen LogP contribution in [0.5, 0.6) is 5.75 Å². The van der Waals surface area contributed by atoms with Crippen LogP contribution in [0.4, 0.5) is 18.0 Å². The molecule has 2 aliphatic rings. The number of aryl methyl sites for hydroxylation is 1. The first-order valence-electron chi connectivity index (χ1n) is 10.8. The van der Waals surface area contributed by atoms with E-state index >= 15 is 0 Å². The Labute approximate surface area is 184 Å². The van der Waals surface area contributed by atoms with E-state index in [2.05, 4.69) is 14.9 Å². The van der Waals surface area contributed by atoms with E-state index in [0.29, 0.717) is 39.0 Å². The van der Waals surface area contributed by atoms with Crippen molar-refractivity contribution in [2.45, 2.75) is 50.5 Å². The number of nitrogens with zero attached hydrogens (tertiary/aromatic N) is 3. The molecule has 2 aromatic rings. The number of amides is 2. The number of likely N-dealkylation sites (tertiary alicyclic amines) is 2. The number of benzene rings is 1. The van der Waals surface area contributed by atoms with E-state index in [0.717, 1.165) is 23.4 Å². The van der Waals surface area contributed by atoms with Gasteiger partial charge in [0.25, 0.3) is 0 Å². The van der Waals surface area contributed by atoms with Gasteiger partial charge in [-0.05, 0) is 49.9 Å². The van der Waals surface area contributed by atoms with Gasteiger partial charge in [0.05, 0.1) is 11.8 Å². The predicted molar refractivity (Wildman–Crippen MR) is 110 cm³/mol. The third-order valence-electron chi connectivity index (χ3n) is 6.19. The highest BCUT2D eigenvalue weighted by atomic mass is 19.4. The Morgan fingerprint density at radius 2 is 1.78 bits per heavy atom. The lowest BCUT2D eigenvalue weighted by atomic mass is 9.83. The second kappa shape index (κ2) is 9.01. The van der Waals surface area contributed by atoms with Crippen molar-refractivity contribution < 1.29 is 27.8 Å². The summed E-state index contributed by atoms with van der Waals surface area (Å²) in [4.78, 5) is 16.8. The second-order valence-electron chi connectivity index (χ2n) is 8.63. The lowest BCUT2D eigenvalue weighted by molar-refractivity contribution is -0.274. The summed E-state index contributed by atoms with van der Waals surface area (Å²) in [7, 11) is 0. The van der Waals surface area contributed by atoms with Crippen LogP contribution in [0, 0.1) is 6.92 Å². The van der Waals surface area contributed by atoms with Gasteiger partial charge in [0.2, 0.25) is 0 Å². The summed E-state index contributed by atoms with van der Waals surface area (Å²) in [6.45, 7) is 3.93. The molecule has 174 valence electrons. The van der Waals surface area contributed by atoms with Crippen molar-refractivity contribution in [2.24, 2.45) is 0 Å². The molecule has 3 heterocycles. The van der Waals surface area contributed by atoms with E-state index in [-0.39, 0.29) is 29.7 Å². The molecule has 2 N–H and O–H groups in total. The smallest absolute Gasteiger partial charge is 0.406 e. The van der Waals surface area contributed by atoms with Gasteiger partial charge in [0.1, 0.15) is 5.75 Å². The molecule has 0 spiro atoms. The van der Waals surface area contributed by atoms with E-state index in [1.807, 2.05) is 13.0 Å². The van der Waals surface area contributed by atoms with E-state index in [9.17, 15) is 23.1 Å². The minimum absolute atomic E-state index is 0.00383. The van der Waals surface area contributed by atoms with Crippen LogP contribution in [0.15, 0.2) is 30.3 Å². The third kappa shape index (κ3) is 5.35. The molecule has 10 heteroatoms. The number of aliphatic hydroxyl groups is 1. The van der Waals surface area contributed by atoms with E-state index in [1.165, 1.54) is 12.1 Å². The quantitative estimate of drug-likeness (QED) is 0.743. The standard InChI is InChI=1S/C22H27F3N4O3/c1-14-10-20(27-26-14)17-11-16(15-2-4-19(5-3-15)32-22(23,24)25)12-29(13-17)21(31)28-8-6-18(30)7-9-28/h2-5,10,16-18,30H,6-9,11-13H2,1H3,(H,26,27). The van der Waals surface area contributed by atoms with Crippen LogP contribution in [0.2, 0.25) is 0 Å². The van der Waals surface area contributed by atoms with Gasteiger partial charge in [-0.3, -0.25) is 5.10 Å². The average Bonchev–Trinajstić information content (AvgIpc) is 3.19. The minimum atomic E-state index is -4.74. The van der Waals surface area contributed by atoms with Crippen LogP contribution >= 0.6 is 0 Å². The molecule has 1 aromatic carbocycles. The summed E-state index contributed by atoms with van der Waals surface area (Å²) in [5.41, 5.74) is 2.65. The molecular weight excluding hydrogens is 425 g/mol. The summed E-state index contributed by atoms with van der Waals surface area (Å²) < 4.78 is 41.4. The van der Waals surface area contributed by atoms with Gasteiger partial charge >= 0.3 is 12.4 Å². The number of alkyl halides is 3. The summed E-state index contributed by atoms with van der Waals surface area (Å²) >= 11 is 0. The number of aromatic amines is 1. The highest BCUT2D eigenvalue weighted by Crippen LogP contribution is 2.37. The number of ether oxygens (including phenoxy) is 1. The molecule has 0 saturated carbocycles. The molecule has 2 unspecified atom stereocenters. The van der Waals surface area contributed by atoms with Gasteiger partial charge in [0.15, 0.2) is 0 Å². The molecule has 2 amide bonds. The predicted octanol–water partition coefficient (Wildman–Crippen LogP) is 3.77. The van der Waals surface area contributed by atoms with Crippen molar-refractivity contribution in [1.29, 1.82) is 0 Å². The molecule has 0 aliphatic carbocycles. The number of halogens is 3. The lowest BCUT2D eigenvalue weighted by Gasteiger charge is -2.41. The van der Waals surface area contributed by atoms with E-state index < -0.39 is 6.36 Å². The van der Waals surface area contributed by atoms with E-state index in [4.69, 9.17) is 0 Å². The van der Waals surface area contributed by atoms with Crippen LogP contribution in [0.3, 0.4) is 0 Å². The van der Waals surface area contributed by atoms with Crippen LogP contribution in [-0.4, -0.2) is 69.8 Å². The maximum absolute atomic E-state index is 13.2. The number of carbonyl (C=O) groups is 1. The van der Waals surface area contributed by atoms with Gasteiger partial charge in [-0.2, -0.15) is 5.10 Å². The SMILES string of the molecule is Cc1cc(C2CC(c3ccc(OC(F)(F)F)cc3)CN(C(=O)N3CCC(O)CC3)C2)n[nH]1. The number of carbonyl (C=O) groups excluding carboxylic acids is 1. The highest BCUT2D eigenvalue weighted by Gasteiger charge is 2.36. The molecule has 2 fully saturated rings. The molecule has 0 radical (unpaired) electrons. The summed E-state index contributed by atoms with van der Waals surface area (Å²) in [5.74, 6) is -0.314. The van der Waals surface area contributed by atoms with Crippen LogP contribution < -0.4 is 4.74 Å². The number of hydrogen-bond acceptors (Lipinski definition) is 4. The second-order valence-corrected chi connectivity index (χ2v) is 8.63. The topological polar surface area (TPSA) is 81.7 Å². The summed E-state index contributed by atoms with van der Waals surface area (Å²) in [5, 5.41) is 17.1. The Bertz CT molecular complexity index is 923. The first-order chi connectivity index (χ1) is 15.2. The first-order valence-corrected chi connectivity index (χ1v) is 10.8. The first kappa shape index (κ1) is 22.4. The third-order valence-corrected chi connectivity index (χ3v) is 6.19. The number of H-pyrrole nitrogens is 1. The fraction of sp³-hybridized carbons (Fsp3) is 0.545. The monoisotopic (exact) mass is 452 g/mol. The fourth-order valence-electron chi connectivity index (χ4n) is 4.56. The number of rotatable bonds is 3. The molecular formula is C22H27F3N4O3. The number of aliphatic hydroxyl groups excluding tert-OH is 1. The molecule has 4 rings (SSSR count). The average molecular weight is 452 g/mol. The van der Waals surface area contributed by atoms with Gasteiger partial charge in [-0.15, -0.1) is 13.2 Å². The lowest BCUT2D eigenvalue weighted by Crippen LogP contribution is -2.51. The Kier molecular flexibility index (Phi) is 6.32. The Hall–Kier alpha value is -2.75. The van der Waals surface area contributed by atoms with Crippen molar-refractivity contribution in [2.75, 3.05) is 26.2 Å². The zero-order valence-corrected chi connectivity index (χ0v) is 17.8. The number of nitrogens with one attached hydrogen (secondary N) is 1. The van der Waals surface area contributed by atoms with Crippen molar-refractivity contribution in [3.63, 3.8) is 0 Å². The van der Waals surface area contributed by atoms with Gasteiger partial charge in [-0.1, -0.05) is 12.1 Å². The fourth-order valence-corrected chi connectivity index (χ4v) is 4.56. The number of aromatic nitrogens is 2. The maximum Gasteiger partial charge on any atom is 0.573 e. The molecule has 32 heavy (non-hydrogen) atoms. The van der Waals surface area contributed by atoms with E-state index in [1.54, 1.807) is 21.9 Å². The zero-order chi connectivity index (χ0) is 22.9. The number of urea groups is 1. The minimum Gasteiger partial charge on any atom is -0.406 e. The normalized spacial score (nSPS) is 22.8. The molecule has 7 nitrogen and oxygen atoms in total. The van der Waals surface area contributed by atoms with Gasteiger partial charge in [0, 0.05) is 43.7 Å². The Balaban J connectivity index is 1.54. The highest BCUT2D eigenvalue weighted by molar-refractivity contribution is 5.75. The number of hydrogen-bond donors (Lipinski definition) is 2. The number of piperidine rings is 2. The summed E-state index contributed by atoms with van der Waals surface area (Å²) in [6.07, 6.45) is -3.25. The maximum atomic E-state index is 13.2. The molecule has 2 atom stereocenters. The van der Waals surface area contributed by atoms with Crippen molar-refractivity contribution in [3.05, 3.63) is 47.3 Å². The van der Waals surface area contributed by atoms with Gasteiger partial charge in [-0.25, -0.2) is 4.79 Å². The summed E-state index contributed by atoms with van der Waals surface area (Å²) in [6, 6.07) is 7.77.